The lowest BCUT2D eigenvalue weighted by Crippen LogP contribution is -2.54. The van der Waals surface area contributed by atoms with E-state index in [1.54, 1.807) is 24.3 Å². The number of carbonyl (C=O) groups is 2. The van der Waals surface area contributed by atoms with E-state index in [2.05, 4.69) is 5.32 Å². The molecule has 2 amide bonds. The predicted molar refractivity (Wildman–Crippen MR) is 182 cm³/mol. The topological polar surface area (TPSA) is 96.0 Å². The van der Waals surface area contributed by atoms with Crippen LogP contribution in [0.2, 0.25) is 5.02 Å². The number of rotatable bonds is 15. The number of halogens is 1. The molecule has 0 saturated heterocycles. The maximum absolute atomic E-state index is 14.5. The van der Waals surface area contributed by atoms with Gasteiger partial charge in [0, 0.05) is 24.0 Å². The first kappa shape index (κ1) is 34.5. The summed E-state index contributed by atoms with van der Waals surface area (Å²) in [5, 5.41) is 3.43. The fourth-order valence-electron chi connectivity index (χ4n) is 4.91. The summed E-state index contributed by atoms with van der Waals surface area (Å²) in [4.78, 5) is 29.9. The van der Waals surface area contributed by atoms with E-state index in [1.807, 2.05) is 81.4 Å². The maximum Gasteiger partial charge on any atom is 0.264 e. The molecule has 2 atom stereocenters. The number of carbonyl (C=O) groups excluding carboxylic acids is 2. The summed E-state index contributed by atoms with van der Waals surface area (Å²) in [6.07, 6.45) is 0.954. The van der Waals surface area contributed by atoms with E-state index in [0.717, 1.165) is 15.4 Å². The number of amides is 2. The molecule has 242 valence electrons. The van der Waals surface area contributed by atoms with E-state index < -0.39 is 28.5 Å². The number of sulfonamides is 1. The molecule has 0 fully saturated rings. The van der Waals surface area contributed by atoms with Crippen molar-refractivity contribution in [1.29, 1.82) is 0 Å². The number of ether oxygens (including phenoxy) is 1. The highest BCUT2D eigenvalue weighted by atomic mass is 35.5. The van der Waals surface area contributed by atoms with Gasteiger partial charge in [-0.15, -0.1) is 0 Å². The first-order valence-electron chi connectivity index (χ1n) is 15.3. The highest BCUT2D eigenvalue weighted by Crippen LogP contribution is 2.28. The Bertz CT molecular complexity index is 1670. The lowest BCUT2D eigenvalue weighted by Gasteiger charge is -2.34. The van der Waals surface area contributed by atoms with Crippen molar-refractivity contribution in [2.45, 2.75) is 57.1 Å². The Morgan fingerprint density at radius 2 is 1.41 bits per heavy atom. The molecule has 0 unspecified atom stereocenters. The molecule has 4 aromatic rings. The van der Waals surface area contributed by atoms with Gasteiger partial charge in [0.15, 0.2) is 0 Å². The van der Waals surface area contributed by atoms with E-state index in [9.17, 15) is 18.0 Å². The van der Waals surface area contributed by atoms with Gasteiger partial charge in [0.25, 0.3) is 10.0 Å². The molecule has 0 aromatic heterocycles. The van der Waals surface area contributed by atoms with Gasteiger partial charge in [0.1, 0.15) is 18.3 Å². The molecular weight excluding hydrogens is 622 g/mol. The van der Waals surface area contributed by atoms with Crippen molar-refractivity contribution >= 4 is 39.1 Å². The highest BCUT2D eigenvalue weighted by Gasteiger charge is 2.35. The van der Waals surface area contributed by atoms with Gasteiger partial charge in [-0.1, -0.05) is 79.2 Å². The molecule has 8 nitrogen and oxygen atoms in total. The molecule has 0 aliphatic rings. The molecule has 0 heterocycles. The average Bonchev–Trinajstić information content (AvgIpc) is 3.06. The van der Waals surface area contributed by atoms with E-state index in [4.69, 9.17) is 16.3 Å². The minimum Gasteiger partial charge on any atom is -0.494 e. The van der Waals surface area contributed by atoms with Crippen molar-refractivity contribution < 1.29 is 22.7 Å². The average molecular weight is 662 g/mol. The zero-order chi connectivity index (χ0) is 33.1. The standard InChI is InChI=1S/C36H40ClN3O5S/c1-4-27(3)38-36(42)34(24-28-12-8-6-9-13-28)39(25-29-14-10-7-11-15-29)35(41)26-40(31-18-20-32(21-19-31)45-5-2)46(43,44)33-22-16-30(37)17-23-33/h6-23,27,34H,4-5,24-26H2,1-3H3,(H,38,42)/t27-,34-/m1/s1. The van der Waals surface area contributed by atoms with Gasteiger partial charge in [-0.3, -0.25) is 13.9 Å². The molecule has 0 saturated carbocycles. The Kier molecular flexibility index (Phi) is 12.2. The van der Waals surface area contributed by atoms with Crippen LogP contribution in [0.1, 0.15) is 38.3 Å². The Morgan fingerprint density at radius 3 is 1.98 bits per heavy atom. The number of hydrogen-bond acceptors (Lipinski definition) is 5. The number of nitrogens with zero attached hydrogens (tertiary/aromatic N) is 2. The lowest BCUT2D eigenvalue weighted by molar-refractivity contribution is -0.140. The minimum atomic E-state index is -4.24. The van der Waals surface area contributed by atoms with Crippen LogP contribution in [-0.2, 0) is 32.6 Å². The molecule has 0 spiro atoms. The van der Waals surface area contributed by atoms with E-state index in [1.165, 1.54) is 29.2 Å². The molecule has 0 aliphatic carbocycles. The third-order valence-corrected chi connectivity index (χ3v) is 9.62. The largest absolute Gasteiger partial charge is 0.494 e. The molecular formula is C36H40ClN3O5S. The molecule has 0 bridgehead atoms. The van der Waals surface area contributed by atoms with E-state index in [-0.39, 0.29) is 35.5 Å². The van der Waals surface area contributed by atoms with Gasteiger partial charge in [-0.05, 0) is 79.9 Å². The summed E-state index contributed by atoms with van der Waals surface area (Å²) in [7, 11) is -4.24. The maximum atomic E-state index is 14.5. The third kappa shape index (κ3) is 9.11. The smallest absolute Gasteiger partial charge is 0.264 e. The number of benzene rings is 4. The second kappa shape index (κ2) is 16.3. The summed E-state index contributed by atoms with van der Waals surface area (Å²) in [6, 6.07) is 30.1. The summed E-state index contributed by atoms with van der Waals surface area (Å²) < 4.78 is 34.9. The molecule has 10 heteroatoms. The zero-order valence-electron chi connectivity index (χ0n) is 26.3. The van der Waals surface area contributed by atoms with Crippen molar-refractivity contribution in [3.05, 3.63) is 125 Å². The Hall–Kier alpha value is -4.34. The summed E-state index contributed by atoms with van der Waals surface area (Å²) in [5.41, 5.74) is 1.95. The SMILES string of the molecule is CCOc1ccc(N(CC(=O)N(Cc2ccccc2)[C@H](Cc2ccccc2)C(=O)N[C@H](C)CC)S(=O)(=O)c2ccc(Cl)cc2)cc1. The van der Waals surface area contributed by atoms with Crippen LogP contribution >= 0.6 is 11.6 Å². The molecule has 0 radical (unpaired) electrons. The number of anilines is 1. The van der Waals surface area contributed by atoms with Gasteiger partial charge in [0.2, 0.25) is 11.8 Å². The van der Waals surface area contributed by atoms with Crippen LogP contribution < -0.4 is 14.4 Å². The Balaban J connectivity index is 1.79. The van der Waals surface area contributed by atoms with Crippen molar-refractivity contribution in [1.82, 2.24) is 10.2 Å². The van der Waals surface area contributed by atoms with E-state index >= 15 is 0 Å². The van der Waals surface area contributed by atoms with Crippen molar-refractivity contribution in [3.63, 3.8) is 0 Å². The first-order valence-corrected chi connectivity index (χ1v) is 17.1. The van der Waals surface area contributed by atoms with Gasteiger partial charge in [-0.2, -0.15) is 0 Å². The van der Waals surface area contributed by atoms with Crippen molar-refractivity contribution in [2.75, 3.05) is 17.5 Å². The predicted octanol–water partition coefficient (Wildman–Crippen LogP) is 6.49. The normalized spacial score (nSPS) is 12.5. The van der Waals surface area contributed by atoms with Crippen LogP contribution in [-0.4, -0.2) is 50.4 Å². The summed E-state index contributed by atoms with van der Waals surface area (Å²) in [5.74, 6) is -0.275. The Labute approximate surface area is 277 Å². The van der Waals surface area contributed by atoms with Gasteiger partial charge in [-0.25, -0.2) is 8.42 Å². The summed E-state index contributed by atoms with van der Waals surface area (Å²) >= 11 is 6.06. The molecule has 1 N–H and O–H groups in total. The zero-order valence-corrected chi connectivity index (χ0v) is 27.9. The highest BCUT2D eigenvalue weighted by molar-refractivity contribution is 7.92. The monoisotopic (exact) mass is 661 g/mol. The third-order valence-electron chi connectivity index (χ3n) is 7.58. The molecule has 46 heavy (non-hydrogen) atoms. The van der Waals surface area contributed by atoms with Crippen LogP contribution in [0.3, 0.4) is 0 Å². The van der Waals surface area contributed by atoms with Crippen LogP contribution in [0.15, 0.2) is 114 Å². The second-order valence-electron chi connectivity index (χ2n) is 10.9. The number of nitrogens with one attached hydrogen (secondary N) is 1. The van der Waals surface area contributed by atoms with Crippen LogP contribution in [0.4, 0.5) is 5.69 Å². The van der Waals surface area contributed by atoms with Gasteiger partial charge >= 0.3 is 0 Å². The van der Waals surface area contributed by atoms with Crippen molar-refractivity contribution in [3.8, 4) is 5.75 Å². The quantitative estimate of drug-likeness (QED) is 0.157. The molecule has 4 rings (SSSR count). The van der Waals surface area contributed by atoms with Crippen LogP contribution in [0.5, 0.6) is 5.75 Å². The molecule has 4 aromatic carbocycles. The Morgan fingerprint density at radius 1 is 0.826 bits per heavy atom. The van der Waals surface area contributed by atoms with E-state index in [0.29, 0.717) is 23.8 Å². The first-order chi connectivity index (χ1) is 22.1. The number of hydrogen-bond donors (Lipinski definition) is 1. The fraction of sp³-hybridized carbons (Fsp3) is 0.278. The van der Waals surface area contributed by atoms with Crippen molar-refractivity contribution in [2.24, 2.45) is 0 Å². The minimum absolute atomic E-state index is 0.0245. The molecule has 0 aliphatic heterocycles. The second-order valence-corrected chi connectivity index (χ2v) is 13.2. The fourth-order valence-corrected chi connectivity index (χ4v) is 6.45. The van der Waals surface area contributed by atoms with Crippen LogP contribution in [0, 0.1) is 0 Å². The van der Waals surface area contributed by atoms with Crippen LogP contribution in [0.25, 0.3) is 0 Å². The lowest BCUT2D eigenvalue weighted by atomic mass is 10.0. The van der Waals surface area contributed by atoms with Gasteiger partial charge < -0.3 is 15.0 Å². The van der Waals surface area contributed by atoms with Gasteiger partial charge in [0.05, 0.1) is 17.2 Å². The summed E-state index contributed by atoms with van der Waals surface area (Å²) in [6.45, 7) is 5.74.